The minimum atomic E-state index is -0.954. The number of alkyl carbamates (subject to hydrolysis) is 1. The highest BCUT2D eigenvalue weighted by atomic mass is 16.6. The van der Waals surface area contributed by atoms with E-state index in [9.17, 15) is 9.59 Å². The van der Waals surface area contributed by atoms with Gasteiger partial charge in [-0.25, -0.2) is 9.59 Å². The Hall–Kier alpha value is -2.50. The predicted octanol–water partition coefficient (Wildman–Crippen LogP) is 2.93. The Kier molecular flexibility index (Phi) is 4.40. The summed E-state index contributed by atoms with van der Waals surface area (Å²) in [5, 5.41) is 12.6. The minimum Gasteiger partial charge on any atom is -0.478 e. The van der Waals surface area contributed by atoms with E-state index in [1.807, 2.05) is 27.0 Å². The lowest BCUT2D eigenvalue weighted by molar-refractivity contribution is 0.0528. The molecule has 118 valence electrons. The summed E-state index contributed by atoms with van der Waals surface area (Å²) < 4.78 is 5.16. The Labute approximate surface area is 128 Å². The normalized spacial score (nSPS) is 11.4. The largest absolute Gasteiger partial charge is 0.478 e. The molecule has 0 fully saturated rings. The lowest BCUT2D eigenvalue weighted by atomic mass is 10.1. The highest BCUT2D eigenvalue weighted by Gasteiger charge is 2.15. The van der Waals surface area contributed by atoms with Gasteiger partial charge in [-0.3, -0.25) is 0 Å². The summed E-state index contributed by atoms with van der Waals surface area (Å²) in [5.74, 6) is -0.954. The third kappa shape index (κ3) is 4.00. The standard InChI is InChI=1S/C16H20N2O4/c1-16(2,3)22-15(21)17-7-6-11-9-18-13-8-10(14(19)20)4-5-12(11)13/h4-5,8-9,18H,6-7H2,1-3H3,(H,17,21)(H,19,20). The average molecular weight is 304 g/mol. The van der Waals surface area contributed by atoms with E-state index in [1.165, 1.54) is 0 Å². The van der Waals surface area contributed by atoms with Crippen LogP contribution in [0.25, 0.3) is 10.9 Å². The Morgan fingerprint density at radius 3 is 2.68 bits per heavy atom. The molecule has 1 heterocycles. The van der Waals surface area contributed by atoms with Gasteiger partial charge in [-0.2, -0.15) is 0 Å². The Bertz CT molecular complexity index is 698. The molecule has 6 nitrogen and oxygen atoms in total. The molecule has 2 aromatic rings. The number of hydrogen-bond acceptors (Lipinski definition) is 3. The van der Waals surface area contributed by atoms with Crippen molar-refractivity contribution in [2.24, 2.45) is 0 Å². The van der Waals surface area contributed by atoms with Crippen molar-refractivity contribution >= 4 is 23.0 Å². The third-order valence-corrected chi connectivity index (χ3v) is 3.08. The number of carboxylic acids is 1. The van der Waals surface area contributed by atoms with Crippen LogP contribution in [-0.4, -0.2) is 34.3 Å². The highest BCUT2D eigenvalue weighted by molar-refractivity contribution is 5.94. The van der Waals surface area contributed by atoms with Gasteiger partial charge >= 0.3 is 12.1 Å². The van der Waals surface area contributed by atoms with E-state index in [0.717, 1.165) is 16.5 Å². The molecule has 0 aliphatic heterocycles. The van der Waals surface area contributed by atoms with Crippen molar-refractivity contribution in [1.82, 2.24) is 10.3 Å². The summed E-state index contributed by atoms with van der Waals surface area (Å²) >= 11 is 0. The lowest BCUT2D eigenvalue weighted by Crippen LogP contribution is -2.33. The van der Waals surface area contributed by atoms with Crippen LogP contribution in [0.15, 0.2) is 24.4 Å². The first-order valence-corrected chi connectivity index (χ1v) is 7.06. The van der Waals surface area contributed by atoms with Gasteiger partial charge in [0.25, 0.3) is 0 Å². The molecule has 22 heavy (non-hydrogen) atoms. The fourth-order valence-electron chi connectivity index (χ4n) is 2.14. The number of carbonyl (C=O) groups is 2. The van der Waals surface area contributed by atoms with E-state index in [2.05, 4.69) is 10.3 Å². The van der Waals surface area contributed by atoms with Gasteiger partial charge in [-0.05, 0) is 44.9 Å². The SMILES string of the molecule is CC(C)(C)OC(=O)NCCc1c[nH]c2cc(C(=O)O)ccc12. The zero-order chi connectivity index (χ0) is 16.3. The number of rotatable bonds is 4. The summed E-state index contributed by atoms with van der Waals surface area (Å²) in [5.41, 5.74) is 1.51. The average Bonchev–Trinajstić information content (AvgIpc) is 2.79. The van der Waals surface area contributed by atoms with Crippen LogP contribution in [0.3, 0.4) is 0 Å². The number of nitrogens with one attached hydrogen (secondary N) is 2. The molecular weight excluding hydrogens is 284 g/mol. The first-order chi connectivity index (χ1) is 10.3. The van der Waals surface area contributed by atoms with Gasteiger partial charge in [0.05, 0.1) is 5.56 Å². The second-order valence-corrected chi connectivity index (χ2v) is 6.06. The molecule has 2 rings (SSSR count). The van der Waals surface area contributed by atoms with Crippen molar-refractivity contribution < 1.29 is 19.4 Å². The molecule has 1 amide bonds. The van der Waals surface area contributed by atoms with Gasteiger partial charge in [-0.15, -0.1) is 0 Å². The maximum Gasteiger partial charge on any atom is 0.407 e. The number of ether oxygens (including phenoxy) is 1. The molecule has 0 saturated heterocycles. The summed E-state index contributed by atoms with van der Waals surface area (Å²) in [6.45, 7) is 5.88. The number of carbonyl (C=O) groups excluding carboxylic acids is 1. The smallest absolute Gasteiger partial charge is 0.407 e. The molecule has 3 N–H and O–H groups in total. The molecule has 0 atom stereocenters. The van der Waals surface area contributed by atoms with Crippen molar-refractivity contribution in [3.8, 4) is 0 Å². The van der Waals surface area contributed by atoms with E-state index in [0.29, 0.717) is 13.0 Å². The van der Waals surface area contributed by atoms with Crippen LogP contribution in [0, 0.1) is 0 Å². The molecule has 0 aliphatic carbocycles. The van der Waals surface area contributed by atoms with E-state index in [4.69, 9.17) is 9.84 Å². The third-order valence-electron chi connectivity index (χ3n) is 3.08. The topological polar surface area (TPSA) is 91.4 Å². The summed E-state index contributed by atoms with van der Waals surface area (Å²) in [4.78, 5) is 25.6. The van der Waals surface area contributed by atoms with Crippen LogP contribution in [0.4, 0.5) is 4.79 Å². The zero-order valence-corrected chi connectivity index (χ0v) is 12.9. The van der Waals surface area contributed by atoms with Crippen LogP contribution < -0.4 is 5.32 Å². The Morgan fingerprint density at radius 2 is 2.05 bits per heavy atom. The molecule has 0 spiro atoms. The molecule has 1 aromatic heterocycles. The number of aromatic amines is 1. The molecule has 0 unspecified atom stereocenters. The van der Waals surface area contributed by atoms with Gasteiger partial charge in [0, 0.05) is 23.6 Å². The number of hydrogen-bond donors (Lipinski definition) is 3. The molecule has 0 bridgehead atoms. The van der Waals surface area contributed by atoms with E-state index in [1.54, 1.807) is 18.2 Å². The molecule has 0 radical (unpaired) electrons. The quantitative estimate of drug-likeness (QED) is 0.810. The fourth-order valence-corrected chi connectivity index (χ4v) is 2.14. The van der Waals surface area contributed by atoms with Crippen molar-refractivity contribution in [3.63, 3.8) is 0 Å². The molecular formula is C16H20N2O4. The number of amides is 1. The van der Waals surface area contributed by atoms with E-state index in [-0.39, 0.29) is 5.56 Å². The first-order valence-electron chi connectivity index (χ1n) is 7.06. The second kappa shape index (κ2) is 6.09. The zero-order valence-electron chi connectivity index (χ0n) is 12.9. The van der Waals surface area contributed by atoms with Crippen LogP contribution in [-0.2, 0) is 11.2 Å². The molecule has 1 aromatic carbocycles. The van der Waals surface area contributed by atoms with Gasteiger partial charge in [0.2, 0.25) is 0 Å². The van der Waals surface area contributed by atoms with Crippen LogP contribution in [0.1, 0.15) is 36.7 Å². The summed E-state index contributed by atoms with van der Waals surface area (Å²) in [7, 11) is 0. The summed E-state index contributed by atoms with van der Waals surface area (Å²) in [6.07, 6.45) is 2.01. The number of H-pyrrole nitrogens is 1. The van der Waals surface area contributed by atoms with Gasteiger partial charge in [-0.1, -0.05) is 6.07 Å². The Balaban J connectivity index is 1.98. The van der Waals surface area contributed by atoms with Crippen LogP contribution in [0.5, 0.6) is 0 Å². The predicted molar refractivity (Wildman–Crippen MR) is 83.2 cm³/mol. The lowest BCUT2D eigenvalue weighted by Gasteiger charge is -2.19. The van der Waals surface area contributed by atoms with E-state index < -0.39 is 17.7 Å². The van der Waals surface area contributed by atoms with Gasteiger partial charge < -0.3 is 20.1 Å². The molecule has 0 saturated carbocycles. The van der Waals surface area contributed by atoms with Gasteiger partial charge in [0.1, 0.15) is 5.60 Å². The number of aromatic nitrogens is 1. The van der Waals surface area contributed by atoms with Crippen LogP contribution in [0.2, 0.25) is 0 Å². The molecule has 6 heteroatoms. The summed E-state index contributed by atoms with van der Waals surface area (Å²) in [6, 6.07) is 4.95. The maximum atomic E-state index is 11.6. The maximum absolute atomic E-state index is 11.6. The monoisotopic (exact) mass is 304 g/mol. The minimum absolute atomic E-state index is 0.243. The number of carboxylic acid groups (broad SMARTS) is 1. The number of aromatic carboxylic acids is 1. The van der Waals surface area contributed by atoms with E-state index >= 15 is 0 Å². The second-order valence-electron chi connectivity index (χ2n) is 6.06. The number of fused-ring (bicyclic) bond motifs is 1. The molecule has 0 aliphatic rings. The number of benzene rings is 1. The fraction of sp³-hybridized carbons (Fsp3) is 0.375. The van der Waals surface area contributed by atoms with Crippen molar-refractivity contribution in [3.05, 3.63) is 35.5 Å². The highest BCUT2D eigenvalue weighted by Crippen LogP contribution is 2.20. The van der Waals surface area contributed by atoms with Crippen molar-refractivity contribution in [2.45, 2.75) is 32.8 Å². The van der Waals surface area contributed by atoms with Gasteiger partial charge in [0.15, 0.2) is 0 Å². The van der Waals surface area contributed by atoms with Crippen molar-refractivity contribution in [2.75, 3.05) is 6.54 Å². The van der Waals surface area contributed by atoms with Crippen LogP contribution >= 0.6 is 0 Å². The Morgan fingerprint density at radius 1 is 1.32 bits per heavy atom. The first kappa shape index (κ1) is 15.9. The van der Waals surface area contributed by atoms with Crippen molar-refractivity contribution in [1.29, 1.82) is 0 Å².